The number of benzene rings is 1. The van der Waals surface area contributed by atoms with Gasteiger partial charge in [-0.05, 0) is 44.1 Å². The summed E-state index contributed by atoms with van der Waals surface area (Å²) < 4.78 is 5.25. The van der Waals surface area contributed by atoms with Crippen LogP contribution < -0.4 is 15.8 Å². The SMILES string of the molecule is COc1cc(N)c(Cl)cc1C(=O)CCCCC1NC2CCC1C2. The Morgan fingerprint density at radius 2 is 2.22 bits per heavy atom. The molecule has 1 aromatic carbocycles. The van der Waals surface area contributed by atoms with E-state index in [1.807, 2.05) is 0 Å². The van der Waals surface area contributed by atoms with Gasteiger partial charge in [-0.15, -0.1) is 0 Å². The number of ketones is 1. The lowest BCUT2D eigenvalue weighted by Crippen LogP contribution is -2.35. The molecule has 1 aliphatic heterocycles. The van der Waals surface area contributed by atoms with Crippen LogP contribution >= 0.6 is 11.6 Å². The molecule has 0 radical (unpaired) electrons. The lowest BCUT2D eigenvalue weighted by atomic mass is 9.94. The predicted molar refractivity (Wildman–Crippen MR) is 93.3 cm³/mol. The number of nitrogens with two attached hydrogens (primary N) is 1. The van der Waals surface area contributed by atoms with Gasteiger partial charge in [-0.3, -0.25) is 4.79 Å². The number of fused-ring (bicyclic) bond motifs is 2. The Hall–Kier alpha value is -1.26. The van der Waals surface area contributed by atoms with Gasteiger partial charge in [0.25, 0.3) is 0 Å². The van der Waals surface area contributed by atoms with Crippen LogP contribution in [-0.2, 0) is 0 Å². The van der Waals surface area contributed by atoms with Gasteiger partial charge < -0.3 is 15.8 Å². The third-order valence-corrected chi connectivity index (χ3v) is 5.61. The first kappa shape index (κ1) is 16.6. The van der Waals surface area contributed by atoms with Crippen molar-refractivity contribution in [1.29, 1.82) is 0 Å². The largest absolute Gasteiger partial charge is 0.496 e. The molecule has 2 fully saturated rings. The minimum Gasteiger partial charge on any atom is -0.496 e. The number of piperidine rings is 1. The van der Waals surface area contributed by atoms with E-state index in [1.165, 1.54) is 25.7 Å². The molecule has 1 saturated heterocycles. The molecule has 23 heavy (non-hydrogen) atoms. The standard InChI is InChI=1S/C18H25ClN2O2/c1-23-18-10-15(20)14(19)9-13(18)17(22)5-3-2-4-16-11-6-7-12(8-11)21-16/h9-12,16,21H,2-8,20H2,1H3. The van der Waals surface area contributed by atoms with Gasteiger partial charge in [0.05, 0.1) is 23.4 Å². The predicted octanol–water partition coefficient (Wildman–Crippen LogP) is 3.81. The van der Waals surface area contributed by atoms with Crippen LogP contribution in [0.3, 0.4) is 0 Å². The molecule has 5 heteroatoms. The van der Waals surface area contributed by atoms with E-state index in [-0.39, 0.29) is 5.78 Å². The number of Topliss-reactive ketones (excluding diaryl/α,β-unsaturated/α-hetero) is 1. The normalized spacial score (nSPS) is 25.7. The molecular weight excluding hydrogens is 312 g/mol. The Morgan fingerprint density at radius 3 is 2.87 bits per heavy atom. The third kappa shape index (κ3) is 3.64. The molecule has 126 valence electrons. The minimum atomic E-state index is 0.0738. The van der Waals surface area contributed by atoms with Crippen LogP contribution in [0.5, 0.6) is 5.75 Å². The van der Waals surface area contributed by atoms with Gasteiger partial charge in [0, 0.05) is 24.6 Å². The van der Waals surface area contributed by atoms with Crippen LogP contribution in [0.4, 0.5) is 5.69 Å². The fourth-order valence-electron chi connectivity index (χ4n) is 4.03. The average molecular weight is 337 g/mol. The van der Waals surface area contributed by atoms with Crippen molar-refractivity contribution < 1.29 is 9.53 Å². The van der Waals surface area contributed by atoms with Gasteiger partial charge in [-0.2, -0.15) is 0 Å². The smallest absolute Gasteiger partial charge is 0.166 e. The summed E-state index contributed by atoms with van der Waals surface area (Å²) in [6.07, 6.45) is 7.76. The minimum absolute atomic E-state index is 0.0738. The third-order valence-electron chi connectivity index (χ3n) is 5.28. The number of halogens is 1. The zero-order valence-corrected chi connectivity index (χ0v) is 14.4. The molecule has 2 bridgehead atoms. The molecule has 2 aliphatic rings. The first-order valence-corrected chi connectivity index (χ1v) is 8.88. The molecule has 3 rings (SSSR count). The van der Waals surface area contributed by atoms with E-state index >= 15 is 0 Å². The van der Waals surface area contributed by atoms with E-state index in [0.29, 0.717) is 34.5 Å². The maximum absolute atomic E-state index is 12.4. The van der Waals surface area contributed by atoms with Crippen molar-refractivity contribution in [3.05, 3.63) is 22.7 Å². The van der Waals surface area contributed by atoms with Crippen LogP contribution in [-0.4, -0.2) is 25.0 Å². The number of nitrogens with one attached hydrogen (secondary N) is 1. The van der Waals surface area contributed by atoms with E-state index in [2.05, 4.69) is 5.32 Å². The van der Waals surface area contributed by atoms with Gasteiger partial charge in [-0.25, -0.2) is 0 Å². The van der Waals surface area contributed by atoms with Crippen LogP contribution in [0.15, 0.2) is 12.1 Å². The Balaban J connectivity index is 1.49. The van der Waals surface area contributed by atoms with Gasteiger partial charge in [0.15, 0.2) is 5.78 Å². The second kappa shape index (κ2) is 7.10. The highest BCUT2D eigenvalue weighted by molar-refractivity contribution is 6.33. The van der Waals surface area contributed by atoms with Crippen molar-refractivity contribution in [3.63, 3.8) is 0 Å². The molecule has 1 heterocycles. The van der Waals surface area contributed by atoms with Crippen molar-refractivity contribution in [2.24, 2.45) is 5.92 Å². The van der Waals surface area contributed by atoms with Crippen molar-refractivity contribution in [2.75, 3.05) is 12.8 Å². The highest BCUT2D eigenvalue weighted by atomic mass is 35.5. The van der Waals surface area contributed by atoms with E-state index in [1.54, 1.807) is 19.2 Å². The second-order valence-corrected chi connectivity index (χ2v) is 7.19. The van der Waals surface area contributed by atoms with Crippen molar-refractivity contribution in [3.8, 4) is 5.75 Å². The quantitative estimate of drug-likeness (QED) is 0.451. The van der Waals surface area contributed by atoms with E-state index in [9.17, 15) is 4.79 Å². The average Bonchev–Trinajstić information content (AvgIpc) is 3.16. The van der Waals surface area contributed by atoms with Crippen LogP contribution in [0.2, 0.25) is 5.02 Å². The Morgan fingerprint density at radius 1 is 1.39 bits per heavy atom. The maximum Gasteiger partial charge on any atom is 0.166 e. The highest BCUT2D eigenvalue weighted by Gasteiger charge is 2.38. The van der Waals surface area contributed by atoms with Crippen LogP contribution in [0, 0.1) is 5.92 Å². The number of nitrogen functional groups attached to an aromatic ring is 1. The van der Waals surface area contributed by atoms with Gasteiger partial charge in [-0.1, -0.05) is 18.0 Å². The van der Waals surface area contributed by atoms with Crippen LogP contribution in [0.25, 0.3) is 0 Å². The zero-order chi connectivity index (χ0) is 16.4. The van der Waals surface area contributed by atoms with Gasteiger partial charge in [0.1, 0.15) is 5.75 Å². The molecule has 1 aliphatic carbocycles. The molecule has 3 unspecified atom stereocenters. The first-order valence-electron chi connectivity index (χ1n) is 8.50. The van der Waals surface area contributed by atoms with E-state index < -0.39 is 0 Å². The summed E-state index contributed by atoms with van der Waals surface area (Å²) in [6.45, 7) is 0. The molecule has 3 atom stereocenters. The number of methoxy groups -OCH3 is 1. The summed E-state index contributed by atoms with van der Waals surface area (Å²) in [5, 5.41) is 4.11. The molecule has 0 amide bonds. The number of ether oxygens (including phenoxy) is 1. The second-order valence-electron chi connectivity index (χ2n) is 6.79. The molecule has 0 spiro atoms. The van der Waals surface area contributed by atoms with Crippen molar-refractivity contribution in [1.82, 2.24) is 5.32 Å². The van der Waals surface area contributed by atoms with Crippen molar-refractivity contribution >= 4 is 23.1 Å². The summed E-state index contributed by atoms with van der Waals surface area (Å²) in [4.78, 5) is 12.4. The first-order chi connectivity index (χ1) is 11.1. The topological polar surface area (TPSA) is 64.3 Å². The molecular formula is C18H25ClN2O2. The number of unbranched alkanes of at least 4 members (excludes halogenated alkanes) is 1. The highest BCUT2D eigenvalue weighted by Crippen LogP contribution is 2.37. The molecule has 3 N–H and O–H groups in total. The van der Waals surface area contributed by atoms with Gasteiger partial charge >= 0.3 is 0 Å². The van der Waals surface area contributed by atoms with Gasteiger partial charge in [0.2, 0.25) is 0 Å². The molecule has 1 saturated carbocycles. The monoisotopic (exact) mass is 336 g/mol. The number of anilines is 1. The van der Waals surface area contributed by atoms with E-state index in [0.717, 1.165) is 24.8 Å². The number of hydrogen-bond donors (Lipinski definition) is 2. The fourth-order valence-corrected chi connectivity index (χ4v) is 4.20. The Bertz CT molecular complexity index is 591. The lowest BCUT2D eigenvalue weighted by molar-refractivity contribution is 0.0975. The Labute approximate surface area is 142 Å². The summed E-state index contributed by atoms with van der Waals surface area (Å²) in [7, 11) is 1.54. The number of hydrogen-bond acceptors (Lipinski definition) is 4. The van der Waals surface area contributed by atoms with Crippen LogP contribution in [0.1, 0.15) is 55.3 Å². The van der Waals surface area contributed by atoms with Crippen molar-refractivity contribution in [2.45, 2.75) is 57.0 Å². The van der Waals surface area contributed by atoms with E-state index in [4.69, 9.17) is 22.1 Å². The molecule has 0 aromatic heterocycles. The summed E-state index contributed by atoms with van der Waals surface area (Å²) in [5.41, 5.74) is 6.72. The summed E-state index contributed by atoms with van der Waals surface area (Å²) >= 11 is 6.03. The zero-order valence-electron chi connectivity index (χ0n) is 13.6. The summed E-state index contributed by atoms with van der Waals surface area (Å²) in [5.74, 6) is 1.45. The summed E-state index contributed by atoms with van der Waals surface area (Å²) in [6, 6.07) is 4.67. The molecule has 4 nitrogen and oxygen atoms in total. The maximum atomic E-state index is 12.4. The lowest BCUT2D eigenvalue weighted by Gasteiger charge is -2.22. The molecule has 1 aromatic rings. The number of carbonyl (C=O) groups excluding carboxylic acids is 1. The number of rotatable bonds is 7. The Kier molecular flexibility index (Phi) is 5.12. The number of carbonyl (C=O) groups is 1. The fraction of sp³-hybridized carbons (Fsp3) is 0.611.